The predicted octanol–water partition coefficient (Wildman–Crippen LogP) is 3.64. The number of phenols is 1. The van der Waals surface area contributed by atoms with Gasteiger partial charge in [-0.1, -0.05) is 23.8 Å². The van der Waals surface area contributed by atoms with E-state index in [1.54, 1.807) is 6.07 Å². The summed E-state index contributed by atoms with van der Waals surface area (Å²) in [6.07, 6.45) is 0.113. The molecule has 0 fully saturated rings. The van der Waals surface area contributed by atoms with Crippen molar-refractivity contribution in [2.24, 2.45) is 0 Å². The SMILES string of the molecule is Cc1ccc2c(O)cc(OC(C)C)cc2c1. The van der Waals surface area contributed by atoms with E-state index in [0.29, 0.717) is 5.75 Å². The highest BCUT2D eigenvalue weighted by atomic mass is 16.5. The lowest BCUT2D eigenvalue weighted by atomic mass is 10.1. The lowest BCUT2D eigenvalue weighted by molar-refractivity contribution is 0.242. The van der Waals surface area contributed by atoms with Crippen LogP contribution in [0, 0.1) is 6.92 Å². The quantitative estimate of drug-likeness (QED) is 0.830. The molecular formula is C14H16O2. The van der Waals surface area contributed by atoms with Gasteiger partial charge >= 0.3 is 0 Å². The van der Waals surface area contributed by atoms with E-state index in [4.69, 9.17) is 4.74 Å². The summed E-state index contributed by atoms with van der Waals surface area (Å²) in [5.74, 6) is 0.985. The molecule has 1 N–H and O–H groups in total. The van der Waals surface area contributed by atoms with Crippen molar-refractivity contribution in [2.45, 2.75) is 26.9 Å². The Morgan fingerprint density at radius 3 is 2.56 bits per heavy atom. The molecule has 0 aliphatic rings. The van der Waals surface area contributed by atoms with Crippen molar-refractivity contribution in [3.63, 3.8) is 0 Å². The molecule has 2 aromatic carbocycles. The molecule has 0 aliphatic heterocycles. The zero-order chi connectivity index (χ0) is 11.7. The minimum absolute atomic E-state index is 0.113. The van der Waals surface area contributed by atoms with Gasteiger partial charge in [0.25, 0.3) is 0 Å². The minimum atomic E-state index is 0.113. The van der Waals surface area contributed by atoms with Crippen LogP contribution in [0.5, 0.6) is 11.5 Å². The van der Waals surface area contributed by atoms with Crippen LogP contribution in [-0.2, 0) is 0 Å². The van der Waals surface area contributed by atoms with E-state index in [1.807, 2.05) is 45.0 Å². The first-order chi connectivity index (χ1) is 7.56. The van der Waals surface area contributed by atoms with Crippen molar-refractivity contribution in [1.29, 1.82) is 0 Å². The van der Waals surface area contributed by atoms with Crippen LogP contribution in [0.15, 0.2) is 30.3 Å². The van der Waals surface area contributed by atoms with E-state index in [2.05, 4.69) is 0 Å². The third-order valence-corrected chi connectivity index (χ3v) is 2.43. The Hall–Kier alpha value is -1.70. The second kappa shape index (κ2) is 4.05. The van der Waals surface area contributed by atoms with Gasteiger partial charge in [-0.2, -0.15) is 0 Å². The summed E-state index contributed by atoms with van der Waals surface area (Å²) in [6.45, 7) is 5.97. The fraction of sp³-hybridized carbons (Fsp3) is 0.286. The van der Waals surface area contributed by atoms with Gasteiger partial charge in [0.15, 0.2) is 0 Å². The standard InChI is InChI=1S/C14H16O2/c1-9(2)16-12-7-11-6-10(3)4-5-13(11)14(15)8-12/h4-9,15H,1-3H3. The normalized spacial score (nSPS) is 11.0. The summed E-state index contributed by atoms with van der Waals surface area (Å²) in [6, 6.07) is 9.59. The van der Waals surface area contributed by atoms with Crippen molar-refractivity contribution >= 4 is 10.8 Å². The van der Waals surface area contributed by atoms with Crippen LogP contribution >= 0.6 is 0 Å². The first-order valence-corrected chi connectivity index (χ1v) is 5.46. The average molecular weight is 216 g/mol. The van der Waals surface area contributed by atoms with E-state index < -0.39 is 0 Å². The maximum Gasteiger partial charge on any atom is 0.127 e. The van der Waals surface area contributed by atoms with Crippen molar-refractivity contribution in [3.05, 3.63) is 35.9 Å². The van der Waals surface area contributed by atoms with Crippen LogP contribution in [-0.4, -0.2) is 11.2 Å². The maximum atomic E-state index is 9.88. The van der Waals surface area contributed by atoms with E-state index >= 15 is 0 Å². The van der Waals surface area contributed by atoms with Gasteiger partial charge < -0.3 is 9.84 Å². The number of hydrogen-bond acceptors (Lipinski definition) is 2. The number of ether oxygens (including phenoxy) is 1. The van der Waals surface area contributed by atoms with Crippen molar-refractivity contribution in [1.82, 2.24) is 0 Å². The largest absolute Gasteiger partial charge is 0.507 e. The monoisotopic (exact) mass is 216 g/mol. The van der Waals surface area contributed by atoms with Crippen LogP contribution in [0.2, 0.25) is 0 Å². The number of fused-ring (bicyclic) bond motifs is 1. The number of benzene rings is 2. The Kier molecular flexibility index (Phi) is 2.73. The van der Waals surface area contributed by atoms with Crippen molar-refractivity contribution in [2.75, 3.05) is 0 Å². The number of aryl methyl sites for hydroxylation is 1. The number of hydrogen-bond donors (Lipinski definition) is 1. The van der Waals surface area contributed by atoms with E-state index in [9.17, 15) is 5.11 Å². The highest BCUT2D eigenvalue weighted by Gasteiger charge is 2.05. The Balaban J connectivity index is 2.56. The van der Waals surface area contributed by atoms with Crippen LogP contribution in [0.1, 0.15) is 19.4 Å². The Bertz CT molecular complexity index is 515. The highest BCUT2D eigenvalue weighted by Crippen LogP contribution is 2.31. The molecule has 0 saturated carbocycles. The molecule has 0 aromatic heterocycles. The van der Waals surface area contributed by atoms with Crippen LogP contribution < -0.4 is 4.74 Å². The third-order valence-electron chi connectivity index (χ3n) is 2.43. The molecule has 0 saturated heterocycles. The van der Waals surface area contributed by atoms with Gasteiger partial charge in [-0.15, -0.1) is 0 Å². The summed E-state index contributed by atoms with van der Waals surface area (Å²) >= 11 is 0. The Morgan fingerprint density at radius 1 is 1.12 bits per heavy atom. The molecule has 2 rings (SSSR count). The summed E-state index contributed by atoms with van der Waals surface area (Å²) in [5, 5.41) is 11.7. The molecule has 0 amide bonds. The smallest absolute Gasteiger partial charge is 0.127 e. The van der Waals surface area contributed by atoms with Crippen LogP contribution in [0.25, 0.3) is 10.8 Å². The molecule has 0 radical (unpaired) electrons. The number of phenolic OH excluding ortho intramolecular Hbond substituents is 1. The molecular weight excluding hydrogens is 200 g/mol. The molecule has 84 valence electrons. The number of aromatic hydroxyl groups is 1. The molecule has 0 atom stereocenters. The molecule has 2 aromatic rings. The summed E-state index contributed by atoms with van der Waals surface area (Å²) in [4.78, 5) is 0. The fourth-order valence-corrected chi connectivity index (χ4v) is 1.78. The molecule has 0 spiro atoms. The minimum Gasteiger partial charge on any atom is -0.507 e. The second-order valence-corrected chi connectivity index (χ2v) is 4.33. The molecule has 0 heterocycles. The van der Waals surface area contributed by atoms with Crippen LogP contribution in [0.4, 0.5) is 0 Å². The Morgan fingerprint density at radius 2 is 1.88 bits per heavy atom. The molecule has 2 nitrogen and oxygen atoms in total. The second-order valence-electron chi connectivity index (χ2n) is 4.33. The first-order valence-electron chi connectivity index (χ1n) is 5.46. The van der Waals surface area contributed by atoms with Crippen LogP contribution in [0.3, 0.4) is 0 Å². The number of rotatable bonds is 2. The zero-order valence-corrected chi connectivity index (χ0v) is 9.82. The van der Waals surface area contributed by atoms with Gasteiger partial charge in [0.2, 0.25) is 0 Å². The lowest BCUT2D eigenvalue weighted by Crippen LogP contribution is -2.05. The van der Waals surface area contributed by atoms with E-state index in [1.165, 1.54) is 5.56 Å². The Labute approximate surface area is 95.5 Å². The van der Waals surface area contributed by atoms with Gasteiger partial charge in [-0.3, -0.25) is 0 Å². The molecule has 16 heavy (non-hydrogen) atoms. The average Bonchev–Trinajstić information content (AvgIpc) is 2.15. The van der Waals surface area contributed by atoms with Gasteiger partial charge in [0.05, 0.1) is 6.10 Å². The van der Waals surface area contributed by atoms with E-state index in [-0.39, 0.29) is 11.9 Å². The maximum absolute atomic E-state index is 9.88. The van der Waals surface area contributed by atoms with Gasteiger partial charge in [0, 0.05) is 11.5 Å². The molecule has 0 aliphatic carbocycles. The molecule has 0 bridgehead atoms. The molecule has 0 unspecified atom stereocenters. The van der Waals surface area contributed by atoms with Crippen molar-refractivity contribution in [3.8, 4) is 11.5 Å². The van der Waals surface area contributed by atoms with Gasteiger partial charge in [-0.25, -0.2) is 0 Å². The summed E-state index contributed by atoms with van der Waals surface area (Å²) in [7, 11) is 0. The van der Waals surface area contributed by atoms with E-state index in [0.717, 1.165) is 10.8 Å². The summed E-state index contributed by atoms with van der Waals surface area (Å²) < 4.78 is 5.58. The fourth-order valence-electron chi connectivity index (χ4n) is 1.78. The summed E-state index contributed by atoms with van der Waals surface area (Å²) in [5.41, 5.74) is 1.17. The topological polar surface area (TPSA) is 29.5 Å². The first kappa shape index (κ1) is 10.8. The van der Waals surface area contributed by atoms with Gasteiger partial charge in [0.1, 0.15) is 11.5 Å². The van der Waals surface area contributed by atoms with Gasteiger partial charge in [-0.05, 0) is 32.2 Å². The molecule has 2 heteroatoms. The third kappa shape index (κ3) is 2.11. The van der Waals surface area contributed by atoms with Crippen molar-refractivity contribution < 1.29 is 9.84 Å². The predicted molar refractivity (Wildman–Crippen MR) is 66.1 cm³/mol. The zero-order valence-electron chi connectivity index (χ0n) is 9.82. The lowest BCUT2D eigenvalue weighted by Gasteiger charge is -2.11. The highest BCUT2D eigenvalue weighted by molar-refractivity contribution is 5.90.